The fourth-order valence-electron chi connectivity index (χ4n) is 2.75. The molecule has 0 spiro atoms. The van der Waals surface area contributed by atoms with Crippen molar-refractivity contribution in [3.05, 3.63) is 52.4 Å². The van der Waals surface area contributed by atoms with Crippen LogP contribution in [-0.4, -0.2) is 48.1 Å². The van der Waals surface area contributed by atoms with Crippen molar-refractivity contribution in [2.24, 2.45) is 0 Å². The van der Waals surface area contributed by atoms with Crippen molar-refractivity contribution in [1.82, 2.24) is 14.9 Å². The molecule has 2 aromatic heterocycles. The van der Waals surface area contributed by atoms with Crippen LogP contribution in [0.2, 0.25) is 0 Å². The molecule has 0 aliphatic rings. The second-order valence-electron chi connectivity index (χ2n) is 6.16. The first-order valence-electron chi connectivity index (χ1n) is 8.48. The van der Waals surface area contributed by atoms with Gasteiger partial charge in [0.05, 0.1) is 16.9 Å². The number of hydrogen-bond donors (Lipinski definition) is 1. The van der Waals surface area contributed by atoms with Crippen LogP contribution in [-0.2, 0) is 11.3 Å². The Morgan fingerprint density at radius 3 is 2.93 bits per heavy atom. The van der Waals surface area contributed by atoms with Crippen LogP contribution in [0, 0.1) is 12.7 Å². The maximum atomic E-state index is 13.4. The lowest BCUT2D eigenvalue weighted by Gasteiger charge is -2.16. The van der Waals surface area contributed by atoms with Gasteiger partial charge in [-0.2, -0.15) is 0 Å². The highest BCUT2D eigenvalue weighted by Gasteiger charge is 2.21. The predicted octanol–water partition coefficient (Wildman–Crippen LogP) is 3.47. The Labute approximate surface area is 161 Å². The van der Waals surface area contributed by atoms with Gasteiger partial charge in [-0.3, -0.25) is 4.79 Å². The molecule has 0 aliphatic carbocycles. The minimum atomic E-state index is -0.277. The van der Waals surface area contributed by atoms with Crippen LogP contribution < -0.4 is 5.32 Å². The molecule has 0 atom stereocenters. The highest BCUT2D eigenvalue weighted by atomic mass is 32.1. The summed E-state index contributed by atoms with van der Waals surface area (Å²) in [5, 5.41) is 4.05. The molecule has 1 amide bonds. The van der Waals surface area contributed by atoms with E-state index in [1.165, 1.54) is 29.8 Å². The van der Waals surface area contributed by atoms with Gasteiger partial charge < -0.3 is 15.0 Å². The van der Waals surface area contributed by atoms with E-state index < -0.39 is 0 Å². The van der Waals surface area contributed by atoms with E-state index in [1.54, 1.807) is 25.1 Å². The number of nitrogens with zero attached hydrogens (tertiary/aromatic N) is 3. The third-order valence-corrected chi connectivity index (χ3v) is 5.44. The van der Waals surface area contributed by atoms with Crippen LogP contribution in [0.15, 0.2) is 30.6 Å². The molecular formula is C19H21FN4O2S. The van der Waals surface area contributed by atoms with Gasteiger partial charge in [0.1, 0.15) is 22.8 Å². The van der Waals surface area contributed by atoms with Crippen LogP contribution in [0.5, 0.6) is 0 Å². The summed E-state index contributed by atoms with van der Waals surface area (Å²) < 4.78 is 18.4. The molecule has 6 nitrogen and oxygen atoms in total. The monoisotopic (exact) mass is 388 g/mol. The van der Waals surface area contributed by atoms with Gasteiger partial charge >= 0.3 is 0 Å². The van der Waals surface area contributed by atoms with Gasteiger partial charge in [-0.1, -0.05) is 12.1 Å². The number of amides is 1. The molecule has 8 heteroatoms. The summed E-state index contributed by atoms with van der Waals surface area (Å²) >= 11 is 1.35. The predicted molar refractivity (Wildman–Crippen MR) is 105 cm³/mol. The zero-order valence-corrected chi connectivity index (χ0v) is 16.3. The summed E-state index contributed by atoms with van der Waals surface area (Å²) in [6.45, 7) is 3.31. The number of ether oxygens (including phenoxy) is 1. The number of hydrogen-bond acceptors (Lipinski definition) is 6. The number of likely N-dealkylation sites (N-methyl/N-ethyl adjacent to an activating group) is 1. The topological polar surface area (TPSA) is 67.3 Å². The van der Waals surface area contributed by atoms with Crippen molar-refractivity contribution in [2.75, 3.05) is 32.6 Å². The van der Waals surface area contributed by atoms with Crippen LogP contribution in [0.4, 0.5) is 10.2 Å². The van der Waals surface area contributed by atoms with Crippen LogP contribution in [0.1, 0.15) is 20.8 Å². The van der Waals surface area contributed by atoms with Crippen LogP contribution >= 0.6 is 11.3 Å². The molecule has 0 saturated heterocycles. The average molecular weight is 388 g/mol. The SMILES string of the molecule is COCCN(C)C(=O)c1sc2ncnc(NCc3cccc(F)c3)c2c1C. The number of benzene rings is 1. The third kappa shape index (κ3) is 4.23. The van der Waals surface area contributed by atoms with Gasteiger partial charge in [-0.05, 0) is 30.2 Å². The first-order chi connectivity index (χ1) is 13.0. The Kier molecular flexibility index (Phi) is 5.98. The van der Waals surface area contributed by atoms with Gasteiger partial charge in [0, 0.05) is 27.2 Å². The van der Waals surface area contributed by atoms with Crippen molar-refractivity contribution in [2.45, 2.75) is 13.5 Å². The van der Waals surface area contributed by atoms with Gasteiger partial charge in [0.15, 0.2) is 0 Å². The van der Waals surface area contributed by atoms with Crippen molar-refractivity contribution in [3.63, 3.8) is 0 Å². The first-order valence-corrected chi connectivity index (χ1v) is 9.29. The van der Waals surface area contributed by atoms with Crippen molar-refractivity contribution < 1.29 is 13.9 Å². The quantitative estimate of drug-likeness (QED) is 0.671. The number of carbonyl (C=O) groups excluding carboxylic acids is 1. The van der Waals surface area contributed by atoms with Crippen molar-refractivity contribution >= 4 is 33.3 Å². The Bertz CT molecular complexity index is 960. The summed E-state index contributed by atoms with van der Waals surface area (Å²) in [7, 11) is 3.36. The minimum Gasteiger partial charge on any atom is -0.383 e. The Morgan fingerprint density at radius 1 is 1.37 bits per heavy atom. The first kappa shape index (κ1) is 19.2. The summed E-state index contributed by atoms with van der Waals surface area (Å²) in [6.07, 6.45) is 1.47. The standard InChI is InChI=1S/C19H21FN4O2S/c1-12-15-17(21-10-13-5-4-6-14(20)9-13)22-11-23-18(15)27-16(12)19(25)24(2)7-8-26-3/h4-6,9,11H,7-8,10H2,1-3H3,(H,21,22,23). The summed E-state index contributed by atoms with van der Waals surface area (Å²) in [5.74, 6) is 0.293. The minimum absolute atomic E-state index is 0.0661. The molecule has 1 N–H and O–H groups in total. The number of anilines is 1. The zero-order chi connectivity index (χ0) is 19.4. The Hall–Kier alpha value is -2.58. The number of aromatic nitrogens is 2. The molecule has 0 fully saturated rings. The van der Waals surface area contributed by atoms with Crippen LogP contribution in [0.3, 0.4) is 0 Å². The van der Waals surface area contributed by atoms with Crippen LogP contribution in [0.25, 0.3) is 10.2 Å². The van der Waals surface area contributed by atoms with Crippen molar-refractivity contribution in [3.8, 4) is 0 Å². The Balaban J connectivity index is 1.87. The summed E-state index contributed by atoms with van der Waals surface area (Å²) in [5.41, 5.74) is 1.65. The molecular weight excluding hydrogens is 367 g/mol. The average Bonchev–Trinajstić information content (AvgIpc) is 3.01. The molecule has 3 rings (SSSR count). The van der Waals surface area contributed by atoms with Gasteiger partial charge in [-0.25, -0.2) is 14.4 Å². The second-order valence-corrected chi connectivity index (χ2v) is 7.16. The van der Waals surface area contributed by atoms with E-state index in [9.17, 15) is 9.18 Å². The molecule has 27 heavy (non-hydrogen) atoms. The number of nitrogens with one attached hydrogen (secondary N) is 1. The maximum Gasteiger partial charge on any atom is 0.264 e. The molecule has 3 aromatic rings. The van der Waals surface area contributed by atoms with Gasteiger partial charge in [0.25, 0.3) is 5.91 Å². The lowest BCUT2D eigenvalue weighted by Crippen LogP contribution is -2.29. The normalized spacial score (nSPS) is 11.0. The molecule has 0 saturated carbocycles. The number of rotatable bonds is 7. The maximum absolute atomic E-state index is 13.4. The highest BCUT2D eigenvalue weighted by Crippen LogP contribution is 2.34. The van der Waals surface area contributed by atoms with E-state index in [0.717, 1.165) is 21.3 Å². The van der Waals surface area contributed by atoms with E-state index in [1.807, 2.05) is 13.0 Å². The lowest BCUT2D eigenvalue weighted by molar-refractivity contribution is 0.0748. The number of aryl methyl sites for hydroxylation is 1. The number of methoxy groups -OCH3 is 1. The number of halogens is 1. The lowest BCUT2D eigenvalue weighted by atomic mass is 10.1. The van der Waals surface area contributed by atoms with E-state index in [-0.39, 0.29) is 11.7 Å². The molecule has 0 radical (unpaired) electrons. The fraction of sp³-hybridized carbons (Fsp3) is 0.316. The van der Waals surface area contributed by atoms with Gasteiger partial charge in [-0.15, -0.1) is 11.3 Å². The third-order valence-electron chi connectivity index (χ3n) is 4.25. The number of fused-ring (bicyclic) bond motifs is 1. The fourth-order valence-corrected chi connectivity index (χ4v) is 3.89. The Morgan fingerprint density at radius 2 is 2.19 bits per heavy atom. The number of carbonyl (C=O) groups is 1. The van der Waals surface area contributed by atoms with Gasteiger partial charge in [0.2, 0.25) is 0 Å². The largest absolute Gasteiger partial charge is 0.383 e. The summed E-state index contributed by atoms with van der Waals surface area (Å²) in [6, 6.07) is 6.40. The van der Waals surface area contributed by atoms with E-state index in [0.29, 0.717) is 30.4 Å². The number of thiophene rings is 1. The zero-order valence-electron chi connectivity index (χ0n) is 15.5. The molecule has 1 aromatic carbocycles. The highest BCUT2D eigenvalue weighted by molar-refractivity contribution is 7.20. The second kappa shape index (κ2) is 8.41. The smallest absolute Gasteiger partial charge is 0.264 e. The van der Waals surface area contributed by atoms with E-state index in [4.69, 9.17) is 4.74 Å². The van der Waals surface area contributed by atoms with Crippen molar-refractivity contribution in [1.29, 1.82) is 0 Å². The molecule has 2 heterocycles. The van der Waals surface area contributed by atoms with E-state index >= 15 is 0 Å². The molecule has 142 valence electrons. The molecule has 0 bridgehead atoms. The van der Waals surface area contributed by atoms with E-state index in [2.05, 4.69) is 15.3 Å². The molecule has 0 aliphatic heterocycles. The summed E-state index contributed by atoms with van der Waals surface area (Å²) in [4.78, 5) is 24.4. The molecule has 0 unspecified atom stereocenters.